The van der Waals surface area contributed by atoms with Crippen molar-refractivity contribution in [2.45, 2.75) is 33.2 Å². The van der Waals surface area contributed by atoms with Crippen LogP contribution in [0.2, 0.25) is 0 Å². The quantitative estimate of drug-likeness (QED) is 0.786. The van der Waals surface area contributed by atoms with E-state index in [-0.39, 0.29) is 12.1 Å². The Morgan fingerprint density at radius 1 is 1.29 bits per heavy atom. The van der Waals surface area contributed by atoms with Crippen LogP contribution in [0.4, 0.5) is 0 Å². The van der Waals surface area contributed by atoms with E-state index in [0.29, 0.717) is 22.0 Å². The van der Waals surface area contributed by atoms with Crippen molar-refractivity contribution in [2.75, 3.05) is 0 Å². The van der Waals surface area contributed by atoms with Gasteiger partial charge in [0.2, 0.25) is 0 Å². The van der Waals surface area contributed by atoms with Gasteiger partial charge >= 0.3 is 5.97 Å². The number of benzene rings is 1. The highest BCUT2D eigenvalue weighted by molar-refractivity contribution is 7.17. The summed E-state index contributed by atoms with van der Waals surface area (Å²) in [5.41, 5.74) is 2.68. The Balaban J connectivity index is 2.19. The van der Waals surface area contributed by atoms with E-state index in [1.165, 1.54) is 21.5 Å². The number of thiophene rings is 1. The third-order valence-electron chi connectivity index (χ3n) is 4.07. The summed E-state index contributed by atoms with van der Waals surface area (Å²) in [5, 5.41) is 11.4. The first-order valence-corrected chi connectivity index (χ1v) is 8.57. The van der Waals surface area contributed by atoms with Gasteiger partial charge in [-0.05, 0) is 24.0 Å². The first-order chi connectivity index (χ1) is 11.4. The van der Waals surface area contributed by atoms with E-state index in [1.807, 2.05) is 17.5 Å². The van der Waals surface area contributed by atoms with Crippen LogP contribution in [-0.2, 0) is 11.3 Å². The highest BCUT2D eigenvalue weighted by atomic mass is 32.1. The molecule has 0 fully saturated rings. The molecule has 124 valence electrons. The summed E-state index contributed by atoms with van der Waals surface area (Å²) >= 11 is 1.40. The third-order valence-corrected chi connectivity index (χ3v) is 4.94. The standard InChI is InChI=1S/C18H18N2O3S/c1-10(2)12-4-6-13(7-5-12)14-9-24-17-16(14)18(23)20(8-15(21)22)11(3)19-17/h4-7,9-10H,8H2,1-3H3,(H,21,22). The van der Waals surface area contributed by atoms with Gasteiger partial charge in [-0.3, -0.25) is 14.2 Å². The predicted octanol–water partition coefficient (Wildman–Crippen LogP) is 3.64. The van der Waals surface area contributed by atoms with Gasteiger partial charge in [-0.25, -0.2) is 4.98 Å². The largest absolute Gasteiger partial charge is 0.480 e. The second-order valence-corrected chi connectivity index (χ2v) is 6.91. The molecule has 0 bridgehead atoms. The fraction of sp³-hybridized carbons (Fsp3) is 0.278. The summed E-state index contributed by atoms with van der Waals surface area (Å²) in [6.45, 7) is 5.54. The van der Waals surface area contributed by atoms with Gasteiger partial charge < -0.3 is 5.11 Å². The molecule has 1 N–H and O–H groups in total. The third kappa shape index (κ3) is 2.85. The Morgan fingerprint density at radius 2 is 1.96 bits per heavy atom. The Labute approximate surface area is 143 Å². The fourth-order valence-corrected chi connectivity index (χ4v) is 3.69. The van der Waals surface area contributed by atoms with Crippen molar-refractivity contribution in [1.82, 2.24) is 9.55 Å². The van der Waals surface area contributed by atoms with Crippen LogP contribution in [0.25, 0.3) is 21.3 Å². The highest BCUT2D eigenvalue weighted by Crippen LogP contribution is 2.31. The lowest BCUT2D eigenvalue weighted by Gasteiger charge is -2.08. The van der Waals surface area contributed by atoms with Gasteiger partial charge in [0, 0.05) is 10.9 Å². The van der Waals surface area contributed by atoms with Crippen molar-refractivity contribution in [3.05, 3.63) is 51.4 Å². The molecule has 0 aliphatic carbocycles. The minimum absolute atomic E-state index is 0.302. The maximum absolute atomic E-state index is 12.8. The van der Waals surface area contributed by atoms with Gasteiger partial charge in [-0.2, -0.15) is 0 Å². The molecule has 0 aliphatic heterocycles. The van der Waals surface area contributed by atoms with Gasteiger partial charge in [0.1, 0.15) is 17.2 Å². The molecule has 0 spiro atoms. The normalized spacial score (nSPS) is 11.3. The maximum atomic E-state index is 12.8. The fourth-order valence-electron chi connectivity index (χ4n) is 2.71. The molecule has 2 aromatic heterocycles. The van der Waals surface area contributed by atoms with Gasteiger partial charge in [0.15, 0.2) is 0 Å². The van der Waals surface area contributed by atoms with Crippen LogP contribution < -0.4 is 5.56 Å². The Morgan fingerprint density at radius 3 is 2.54 bits per heavy atom. The van der Waals surface area contributed by atoms with Crippen LogP contribution in [0, 0.1) is 6.92 Å². The first kappa shape index (κ1) is 16.4. The molecule has 0 saturated carbocycles. The van der Waals surface area contributed by atoms with E-state index < -0.39 is 5.97 Å². The zero-order chi connectivity index (χ0) is 17.4. The molecule has 1 aromatic carbocycles. The molecular weight excluding hydrogens is 324 g/mol. The lowest BCUT2D eigenvalue weighted by molar-refractivity contribution is -0.137. The van der Waals surface area contributed by atoms with E-state index in [9.17, 15) is 9.59 Å². The molecule has 0 radical (unpaired) electrons. The number of rotatable bonds is 4. The summed E-state index contributed by atoms with van der Waals surface area (Å²) in [6, 6.07) is 8.11. The number of carboxylic acid groups (broad SMARTS) is 1. The number of aryl methyl sites for hydroxylation is 1. The number of hydrogen-bond donors (Lipinski definition) is 1. The van der Waals surface area contributed by atoms with Crippen molar-refractivity contribution in [1.29, 1.82) is 0 Å². The van der Waals surface area contributed by atoms with Crippen molar-refractivity contribution < 1.29 is 9.90 Å². The average molecular weight is 342 g/mol. The second kappa shape index (κ2) is 6.20. The summed E-state index contributed by atoms with van der Waals surface area (Å²) in [5.74, 6) is -0.201. The predicted molar refractivity (Wildman–Crippen MR) is 95.8 cm³/mol. The SMILES string of the molecule is Cc1nc2scc(-c3ccc(C(C)C)cc3)c2c(=O)n1CC(=O)O. The van der Waals surface area contributed by atoms with Gasteiger partial charge in [-0.15, -0.1) is 11.3 Å². The smallest absolute Gasteiger partial charge is 0.323 e. The molecule has 2 heterocycles. The molecule has 3 aromatic rings. The van der Waals surface area contributed by atoms with Crippen molar-refractivity contribution >= 4 is 27.5 Å². The summed E-state index contributed by atoms with van der Waals surface area (Å²) in [7, 11) is 0. The van der Waals surface area contributed by atoms with Crippen LogP contribution in [0.1, 0.15) is 31.2 Å². The lowest BCUT2D eigenvalue weighted by atomic mass is 9.99. The Bertz CT molecular complexity index is 968. The van der Waals surface area contributed by atoms with E-state index in [4.69, 9.17) is 5.11 Å². The monoisotopic (exact) mass is 342 g/mol. The van der Waals surface area contributed by atoms with Crippen molar-refractivity contribution in [3.8, 4) is 11.1 Å². The summed E-state index contributed by atoms with van der Waals surface area (Å²) in [4.78, 5) is 28.8. The molecule has 0 amide bonds. The highest BCUT2D eigenvalue weighted by Gasteiger charge is 2.16. The summed E-state index contributed by atoms with van der Waals surface area (Å²) < 4.78 is 1.21. The zero-order valence-electron chi connectivity index (χ0n) is 13.7. The Kier molecular flexibility index (Phi) is 4.24. The van der Waals surface area contributed by atoms with Gasteiger partial charge in [-0.1, -0.05) is 38.1 Å². The van der Waals surface area contributed by atoms with Gasteiger partial charge in [0.25, 0.3) is 5.56 Å². The summed E-state index contributed by atoms with van der Waals surface area (Å²) in [6.07, 6.45) is 0. The number of aliphatic carboxylic acids is 1. The van der Waals surface area contributed by atoms with E-state index in [0.717, 1.165) is 11.1 Å². The second-order valence-electron chi connectivity index (χ2n) is 6.05. The Hall–Kier alpha value is -2.47. The van der Waals surface area contributed by atoms with Crippen LogP contribution in [-0.4, -0.2) is 20.6 Å². The minimum atomic E-state index is -1.06. The van der Waals surface area contributed by atoms with Crippen LogP contribution >= 0.6 is 11.3 Å². The number of aromatic nitrogens is 2. The van der Waals surface area contributed by atoms with Crippen LogP contribution in [0.15, 0.2) is 34.4 Å². The minimum Gasteiger partial charge on any atom is -0.480 e. The molecule has 24 heavy (non-hydrogen) atoms. The van der Waals surface area contributed by atoms with Gasteiger partial charge in [0.05, 0.1) is 5.39 Å². The molecule has 0 unspecified atom stereocenters. The topological polar surface area (TPSA) is 72.2 Å². The van der Waals surface area contributed by atoms with Crippen molar-refractivity contribution in [3.63, 3.8) is 0 Å². The lowest BCUT2D eigenvalue weighted by Crippen LogP contribution is -2.27. The van der Waals surface area contributed by atoms with Crippen LogP contribution in [0.5, 0.6) is 0 Å². The zero-order valence-corrected chi connectivity index (χ0v) is 14.6. The molecule has 0 saturated heterocycles. The van der Waals surface area contributed by atoms with E-state index in [2.05, 4.69) is 31.0 Å². The van der Waals surface area contributed by atoms with E-state index in [1.54, 1.807) is 6.92 Å². The number of hydrogen-bond acceptors (Lipinski definition) is 4. The molecule has 0 aliphatic rings. The first-order valence-electron chi connectivity index (χ1n) is 7.69. The van der Waals surface area contributed by atoms with Crippen LogP contribution in [0.3, 0.4) is 0 Å². The number of carboxylic acids is 1. The number of fused-ring (bicyclic) bond motifs is 1. The number of carbonyl (C=O) groups is 1. The van der Waals surface area contributed by atoms with E-state index >= 15 is 0 Å². The molecule has 5 nitrogen and oxygen atoms in total. The maximum Gasteiger partial charge on any atom is 0.323 e. The molecule has 3 rings (SSSR count). The molecular formula is C18H18N2O3S. The average Bonchev–Trinajstić information content (AvgIpc) is 2.95. The number of nitrogens with zero attached hydrogens (tertiary/aromatic N) is 2. The van der Waals surface area contributed by atoms with Crippen molar-refractivity contribution in [2.24, 2.45) is 0 Å². The molecule has 6 heteroatoms. The molecule has 0 atom stereocenters.